The number of carbonyl (C=O) groups is 1. The van der Waals surface area contributed by atoms with Crippen molar-refractivity contribution in [3.63, 3.8) is 0 Å². The van der Waals surface area contributed by atoms with Crippen molar-refractivity contribution < 1.29 is 4.79 Å². The van der Waals surface area contributed by atoms with Crippen molar-refractivity contribution in [1.82, 2.24) is 4.90 Å². The van der Waals surface area contributed by atoms with E-state index in [4.69, 9.17) is 0 Å². The number of nitrogens with zero attached hydrogens (tertiary/aromatic N) is 2. The third-order valence-corrected chi connectivity index (χ3v) is 5.65. The van der Waals surface area contributed by atoms with Gasteiger partial charge >= 0.3 is 6.03 Å². The number of piperazine rings is 1. The van der Waals surface area contributed by atoms with Crippen molar-refractivity contribution in [2.45, 2.75) is 6.54 Å². The Labute approximate surface area is 169 Å². The number of rotatable bonds is 5. The summed E-state index contributed by atoms with van der Waals surface area (Å²) in [6.07, 6.45) is 0. The Hall–Kier alpha value is -2.83. The number of hydrogen-bond acceptors (Lipinski definition) is 4. The fourth-order valence-corrected chi connectivity index (χ4v) is 3.99. The Morgan fingerprint density at radius 1 is 0.857 bits per heavy atom. The third kappa shape index (κ3) is 4.91. The van der Waals surface area contributed by atoms with E-state index in [-0.39, 0.29) is 6.03 Å². The maximum absolute atomic E-state index is 12.0. The second kappa shape index (κ2) is 8.91. The van der Waals surface area contributed by atoms with Crippen LogP contribution in [0, 0.1) is 0 Å². The number of nitrogens with one attached hydrogen (secondary N) is 2. The maximum Gasteiger partial charge on any atom is 0.324 e. The number of anilines is 3. The molecule has 2 N–H and O–H groups in total. The summed E-state index contributed by atoms with van der Waals surface area (Å²) >= 11 is 1.50. The van der Waals surface area contributed by atoms with Gasteiger partial charge in [0.1, 0.15) is 0 Å². The van der Waals surface area contributed by atoms with Gasteiger partial charge in [-0.2, -0.15) is 0 Å². The normalized spacial score (nSPS) is 14.6. The topological polar surface area (TPSA) is 47.6 Å². The molecular formula is C22H24N4OS. The molecule has 1 aliphatic heterocycles. The molecule has 0 bridgehead atoms. The lowest BCUT2D eigenvalue weighted by molar-refractivity contribution is 0.250. The molecule has 2 aromatic carbocycles. The lowest BCUT2D eigenvalue weighted by Crippen LogP contribution is -2.45. The first kappa shape index (κ1) is 18.5. The van der Waals surface area contributed by atoms with Crippen LogP contribution in [0.1, 0.15) is 5.56 Å². The Morgan fingerprint density at radius 2 is 1.61 bits per heavy atom. The Morgan fingerprint density at radius 3 is 2.29 bits per heavy atom. The predicted octanol–water partition coefficient (Wildman–Crippen LogP) is 4.71. The summed E-state index contributed by atoms with van der Waals surface area (Å²) in [6.45, 7) is 5.14. The molecule has 1 aliphatic rings. The molecule has 3 aromatic rings. The Bertz CT molecular complexity index is 873. The summed E-state index contributed by atoms with van der Waals surface area (Å²) in [7, 11) is 0. The quantitative estimate of drug-likeness (QED) is 0.661. The van der Waals surface area contributed by atoms with E-state index in [1.807, 2.05) is 29.6 Å². The second-order valence-electron chi connectivity index (χ2n) is 6.85. The molecule has 1 saturated heterocycles. The molecule has 4 rings (SSSR count). The highest BCUT2D eigenvalue weighted by atomic mass is 32.1. The minimum atomic E-state index is -0.216. The van der Waals surface area contributed by atoms with Crippen LogP contribution in [0.3, 0.4) is 0 Å². The number of para-hydroxylation sites is 1. The number of urea groups is 1. The lowest BCUT2D eigenvalue weighted by Gasteiger charge is -2.36. The molecule has 0 aliphatic carbocycles. The molecule has 1 fully saturated rings. The largest absolute Gasteiger partial charge is 0.369 e. The van der Waals surface area contributed by atoms with Crippen LogP contribution in [0.5, 0.6) is 0 Å². The zero-order chi connectivity index (χ0) is 19.2. The summed E-state index contributed by atoms with van der Waals surface area (Å²) in [6, 6.07) is 22.3. The number of carbonyl (C=O) groups excluding carboxylic acids is 1. The van der Waals surface area contributed by atoms with Gasteiger partial charge in [-0.3, -0.25) is 10.2 Å². The van der Waals surface area contributed by atoms with Gasteiger partial charge in [0.2, 0.25) is 0 Å². The van der Waals surface area contributed by atoms with Gasteiger partial charge in [-0.25, -0.2) is 4.79 Å². The van der Waals surface area contributed by atoms with E-state index in [9.17, 15) is 4.79 Å². The zero-order valence-electron chi connectivity index (χ0n) is 15.7. The molecule has 2 amide bonds. The molecule has 144 valence electrons. The number of amides is 2. The zero-order valence-corrected chi connectivity index (χ0v) is 16.5. The van der Waals surface area contributed by atoms with E-state index >= 15 is 0 Å². The maximum atomic E-state index is 12.0. The van der Waals surface area contributed by atoms with Crippen LogP contribution >= 0.6 is 11.3 Å². The first-order valence-electron chi connectivity index (χ1n) is 9.49. The van der Waals surface area contributed by atoms with Gasteiger partial charge in [0.15, 0.2) is 0 Å². The van der Waals surface area contributed by atoms with E-state index in [0.717, 1.165) is 43.4 Å². The summed E-state index contributed by atoms with van der Waals surface area (Å²) < 4.78 is 0. The van der Waals surface area contributed by atoms with E-state index in [0.29, 0.717) is 0 Å². The van der Waals surface area contributed by atoms with Crippen molar-refractivity contribution in [2.24, 2.45) is 0 Å². The summed E-state index contributed by atoms with van der Waals surface area (Å²) in [5, 5.41) is 8.47. The minimum absolute atomic E-state index is 0.216. The highest BCUT2D eigenvalue weighted by molar-refractivity contribution is 7.14. The average Bonchev–Trinajstić information content (AvgIpc) is 3.24. The highest BCUT2D eigenvalue weighted by Gasteiger charge is 2.17. The molecule has 0 saturated carbocycles. The van der Waals surface area contributed by atoms with Gasteiger partial charge in [-0.15, -0.1) is 11.3 Å². The summed E-state index contributed by atoms with van der Waals surface area (Å²) in [4.78, 5) is 16.9. The molecular weight excluding hydrogens is 368 g/mol. The molecule has 28 heavy (non-hydrogen) atoms. The Kier molecular flexibility index (Phi) is 5.89. The van der Waals surface area contributed by atoms with Crippen LogP contribution < -0.4 is 15.5 Å². The molecule has 0 unspecified atom stereocenters. The van der Waals surface area contributed by atoms with Gasteiger partial charge in [-0.1, -0.05) is 30.3 Å². The standard InChI is InChI=1S/C22H24N4OS/c27-22(24-21-7-4-16-28-21)23-19-10-8-18(9-11-19)17-25-12-14-26(15-13-25)20-5-2-1-3-6-20/h1-11,16H,12-15,17H2,(H2,23,24,27). The lowest BCUT2D eigenvalue weighted by atomic mass is 10.1. The van der Waals surface area contributed by atoms with Crippen LogP contribution in [0.25, 0.3) is 0 Å². The number of thiophene rings is 1. The van der Waals surface area contributed by atoms with E-state index < -0.39 is 0 Å². The number of hydrogen-bond donors (Lipinski definition) is 2. The monoisotopic (exact) mass is 392 g/mol. The summed E-state index contributed by atoms with van der Waals surface area (Å²) in [5.74, 6) is 0. The van der Waals surface area contributed by atoms with E-state index in [1.165, 1.54) is 22.6 Å². The van der Waals surface area contributed by atoms with Crippen LogP contribution in [0.2, 0.25) is 0 Å². The van der Waals surface area contributed by atoms with Gasteiger partial charge in [0, 0.05) is 44.1 Å². The summed E-state index contributed by atoms with van der Waals surface area (Å²) in [5.41, 5.74) is 3.36. The Balaban J connectivity index is 1.25. The van der Waals surface area contributed by atoms with Crippen LogP contribution in [-0.4, -0.2) is 37.1 Å². The first-order valence-corrected chi connectivity index (χ1v) is 10.4. The van der Waals surface area contributed by atoms with Crippen molar-refractivity contribution in [3.8, 4) is 0 Å². The molecule has 2 heterocycles. The van der Waals surface area contributed by atoms with Gasteiger partial charge in [0.05, 0.1) is 5.00 Å². The van der Waals surface area contributed by atoms with Crippen LogP contribution in [-0.2, 0) is 6.54 Å². The SMILES string of the molecule is O=C(Nc1ccc(CN2CCN(c3ccccc3)CC2)cc1)Nc1cccs1. The minimum Gasteiger partial charge on any atom is -0.369 e. The fraction of sp³-hybridized carbons (Fsp3) is 0.227. The van der Waals surface area contributed by atoms with Gasteiger partial charge in [0.25, 0.3) is 0 Å². The van der Waals surface area contributed by atoms with Crippen molar-refractivity contribution >= 4 is 33.7 Å². The molecule has 6 heteroatoms. The van der Waals surface area contributed by atoms with Crippen LogP contribution in [0.15, 0.2) is 72.1 Å². The molecule has 0 radical (unpaired) electrons. The van der Waals surface area contributed by atoms with Crippen LogP contribution in [0.4, 0.5) is 21.2 Å². The molecule has 1 aromatic heterocycles. The highest BCUT2D eigenvalue weighted by Crippen LogP contribution is 2.18. The van der Waals surface area contributed by atoms with Crippen molar-refractivity contribution in [1.29, 1.82) is 0 Å². The van der Waals surface area contributed by atoms with Gasteiger partial charge < -0.3 is 10.2 Å². The predicted molar refractivity (Wildman–Crippen MR) is 117 cm³/mol. The van der Waals surface area contributed by atoms with Crippen molar-refractivity contribution in [3.05, 3.63) is 77.7 Å². The molecule has 0 atom stereocenters. The second-order valence-corrected chi connectivity index (χ2v) is 7.80. The van der Waals surface area contributed by atoms with E-state index in [1.54, 1.807) is 0 Å². The fourth-order valence-electron chi connectivity index (χ4n) is 3.38. The molecule has 5 nitrogen and oxygen atoms in total. The third-order valence-electron chi connectivity index (χ3n) is 4.87. The first-order chi connectivity index (χ1) is 13.8. The van der Waals surface area contributed by atoms with E-state index in [2.05, 4.69) is 62.9 Å². The van der Waals surface area contributed by atoms with Gasteiger partial charge in [-0.05, 0) is 47.3 Å². The average molecular weight is 393 g/mol. The number of benzene rings is 2. The molecule has 0 spiro atoms. The smallest absolute Gasteiger partial charge is 0.324 e. The van der Waals surface area contributed by atoms with Crippen molar-refractivity contribution in [2.75, 3.05) is 41.7 Å².